The van der Waals surface area contributed by atoms with E-state index in [2.05, 4.69) is 5.32 Å². The van der Waals surface area contributed by atoms with Crippen LogP contribution in [0.1, 0.15) is 36.5 Å². The number of amides is 1. The van der Waals surface area contributed by atoms with E-state index in [1.807, 2.05) is 31.2 Å². The fraction of sp³-hybridized carbons (Fsp3) is 0.409. The number of rotatable bonds is 5. The summed E-state index contributed by atoms with van der Waals surface area (Å²) >= 11 is 0. The summed E-state index contributed by atoms with van der Waals surface area (Å²) in [5.74, 6) is -0.582. The van der Waals surface area contributed by atoms with E-state index in [9.17, 15) is 18.0 Å². The average molecular weight is 407 g/mol. The van der Waals surface area contributed by atoms with Crippen molar-refractivity contribution in [3.63, 3.8) is 0 Å². The van der Waals surface area contributed by atoms with Crippen molar-refractivity contribution in [3.8, 4) is 5.75 Å². The predicted molar refractivity (Wildman–Crippen MR) is 104 cm³/mol. The van der Waals surface area contributed by atoms with Crippen LogP contribution >= 0.6 is 0 Å². The van der Waals surface area contributed by atoms with Crippen LogP contribution in [0.4, 0.5) is 18.9 Å². The normalized spacial score (nSPS) is 16.3. The second kappa shape index (κ2) is 8.45. The molecule has 7 heteroatoms. The van der Waals surface area contributed by atoms with E-state index in [1.54, 1.807) is 6.92 Å². The van der Waals surface area contributed by atoms with Gasteiger partial charge < -0.3 is 14.8 Å². The van der Waals surface area contributed by atoms with Gasteiger partial charge in [-0.1, -0.05) is 29.8 Å². The van der Waals surface area contributed by atoms with Crippen LogP contribution in [-0.4, -0.2) is 25.7 Å². The van der Waals surface area contributed by atoms with Crippen LogP contribution in [0.5, 0.6) is 5.75 Å². The molecule has 156 valence electrons. The van der Waals surface area contributed by atoms with Crippen LogP contribution in [0.15, 0.2) is 42.5 Å². The van der Waals surface area contributed by atoms with Crippen LogP contribution in [0, 0.1) is 6.92 Å². The average Bonchev–Trinajstić information content (AvgIpc) is 2.69. The molecule has 1 N–H and O–H groups in total. The Morgan fingerprint density at radius 3 is 2.52 bits per heavy atom. The summed E-state index contributed by atoms with van der Waals surface area (Å²) in [7, 11) is 0. The van der Waals surface area contributed by atoms with Crippen LogP contribution in [0.3, 0.4) is 0 Å². The van der Waals surface area contributed by atoms with Gasteiger partial charge in [-0.3, -0.25) is 4.79 Å². The number of anilines is 1. The number of hydrogen-bond acceptors (Lipinski definition) is 3. The third-order valence-corrected chi connectivity index (χ3v) is 5.19. The first kappa shape index (κ1) is 21.2. The Bertz CT molecular complexity index is 874. The standard InChI is InChI=1S/C22H24F3NO3/c1-3-29-19-8-7-17(14-18(19)22(23,24)25)26-20(27)21(9-11-28-12-10-21)16-6-4-5-15(2)13-16/h4-8,13-14H,3,9-12H2,1-2H3,(H,26,27). The summed E-state index contributed by atoms with van der Waals surface area (Å²) in [5, 5.41) is 2.70. The Labute approximate surface area is 168 Å². The number of alkyl halides is 3. The molecule has 0 atom stereocenters. The third kappa shape index (κ3) is 4.56. The second-order valence-corrected chi connectivity index (χ2v) is 7.16. The number of benzene rings is 2. The molecule has 1 saturated heterocycles. The maximum absolute atomic E-state index is 13.4. The van der Waals surface area contributed by atoms with Crippen molar-refractivity contribution in [3.05, 3.63) is 59.2 Å². The van der Waals surface area contributed by atoms with Gasteiger partial charge in [-0.15, -0.1) is 0 Å². The van der Waals surface area contributed by atoms with Gasteiger partial charge in [0.1, 0.15) is 5.75 Å². The lowest BCUT2D eigenvalue weighted by molar-refractivity contribution is -0.139. The lowest BCUT2D eigenvalue weighted by atomic mass is 9.73. The van der Waals surface area contributed by atoms with E-state index in [0.29, 0.717) is 26.1 Å². The molecule has 0 radical (unpaired) electrons. The molecule has 2 aromatic rings. The van der Waals surface area contributed by atoms with E-state index in [4.69, 9.17) is 9.47 Å². The molecule has 0 saturated carbocycles. The molecular weight excluding hydrogens is 383 g/mol. The van der Waals surface area contributed by atoms with E-state index in [0.717, 1.165) is 17.2 Å². The monoisotopic (exact) mass is 407 g/mol. The molecule has 29 heavy (non-hydrogen) atoms. The van der Waals surface area contributed by atoms with E-state index in [-0.39, 0.29) is 24.0 Å². The van der Waals surface area contributed by atoms with Crippen molar-refractivity contribution in [1.29, 1.82) is 0 Å². The zero-order chi connectivity index (χ0) is 21.1. The Balaban J connectivity index is 1.94. The van der Waals surface area contributed by atoms with Crippen LogP contribution in [0.25, 0.3) is 0 Å². The number of hydrogen-bond donors (Lipinski definition) is 1. The number of nitrogens with one attached hydrogen (secondary N) is 1. The molecule has 1 aliphatic rings. The molecule has 0 aromatic heterocycles. The molecule has 4 nitrogen and oxygen atoms in total. The smallest absolute Gasteiger partial charge is 0.420 e. The van der Waals surface area contributed by atoms with Crippen molar-refractivity contribution in [1.82, 2.24) is 0 Å². The largest absolute Gasteiger partial charge is 0.493 e. The second-order valence-electron chi connectivity index (χ2n) is 7.16. The number of carbonyl (C=O) groups is 1. The lowest BCUT2D eigenvalue weighted by Gasteiger charge is -2.36. The summed E-state index contributed by atoms with van der Waals surface area (Å²) in [5.41, 5.74) is 0.196. The first-order valence-electron chi connectivity index (χ1n) is 9.56. The molecule has 0 aliphatic carbocycles. The molecule has 3 rings (SSSR count). The first-order chi connectivity index (χ1) is 13.8. The summed E-state index contributed by atoms with van der Waals surface area (Å²) in [6, 6.07) is 11.3. The molecule has 1 amide bonds. The lowest BCUT2D eigenvalue weighted by Crippen LogP contribution is -2.44. The fourth-order valence-electron chi connectivity index (χ4n) is 3.67. The Kier molecular flexibility index (Phi) is 6.17. The number of ether oxygens (including phenoxy) is 2. The summed E-state index contributed by atoms with van der Waals surface area (Å²) in [6.07, 6.45) is -3.66. The van der Waals surface area contributed by atoms with Gasteiger partial charge in [0.05, 0.1) is 17.6 Å². The maximum atomic E-state index is 13.4. The summed E-state index contributed by atoms with van der Waals surface area (Å²) in [6.45, 7) is 4.51. The van der Waals surface area contributed by atoms with Crippen molar-refractivity contribution < 1.29 is 27.4 Å². The molecule has 2 aromatic carbocycles. The Morgan fingerprint density at radius 1 is 1.17 bits per heavy atom. The molecule has 1 aliphatic heterocycles. The highest BCUT2D eigenvalue weighted by atomic mass is 19.4. The zero-order valence-electron chi connectivity index (χ0n) is 16.4. The van der Waals surface area contributed by atoms with Crippen molar-refractivity contribution in [2.45, 2.75) is 38.3 Å². The predicted octanol–water partition coefficient (Wildman–Crippen LogP) is 5.10. The Hall–Kier alpha value is -2.54. The van der Waals surface area contributed by atoms with Crippen LogP contribution in [-0.2, 0) is 21.1 Å². The first-order valence-corrected chi connectivity index (χ1v) is 9.56. The van der Waals surface area contributed by atoms with E-state index < -0.39 is 17.2 Å². The SMILES string of the molecule is CCOc1ccc(NC(=O)C2(c3cccc(C)c3)CCOCC2)cc1C(F)(F)F. The van der Waals surface area contributed by atoms with Gasteiger partial charge in [-0.25, -0.2) is 0 Å². The van der Waals surface area contributed by atoms with Gasteiger partial charge in [0, 0.05) is 18.9 Å². The molecule has 0 spiro atoms. The van der Waals surface area contributed by atoms with Crippen molar-refractivity contribution in [2.24, 2.45) is 0 Å². The van der Waals surface area contributed by atoms with Gasteiger partial charge in [0.2, 0.25) is 5.91 Å². The highest BCUT2D eigenvalue weighted by Gasteiger charge is 2.42. The van der Waals surface area contributed by atoms with Gasteiger partial charge in [0.15, 0.2) is 0 Å². The molecule has 0 bridgehead atoms. The maximum Gasteiger partial charge on any atom is 0.420 e. The van der Waals surface area contributed by atoms with Gasteiger partial charge in [-0.05, 0) is 50.5 Å². The number of halogens is 3. The zero-order valence-corrected chi connectivity index (χ0v) is 16.4. The molecule has 1 heterocycles. The minimum atomic E-state index is -4.59. The minimum Gasteiger partial charge on any atom is -0.493 e. The molecule has 1 fully saturated rings. The van der Waals surface area contributed by atoms with Crippen molar-refractivity contribution >= 4 is 11.6 Å². The van der Waals surface area contributed by atoms with E-state index in [1.165, 1.54) is 12.1 Å². The fourth-order valence-corrected chi connectivity index (χ4v) is 3.67. The van der Waals surface area contributed by atoms with Gasteiger partial charge >= 0.3 is 6.18 Å². The van der Waals surface area contributed by atoms with Gasteiger partial charge in [-0.2, -0.15) is 13.2 Å². The highest BCUT2D eigenvalue weighted by Crippen LogP contribution is 2.40. The van der Waals surface area contributed by atoms with Gasteiger partial charge in [0.25, 0.3) is 0 Å². The van der Waals surface area contributed by atoms with Crippen molar-refractivity contribution in [2.75, 3.05) is 25.1 Å². The van der Waals surface area contributed by atoms with E-state index >= 15 is 0 Å². The summed E-state index contributed by atoms with van der Waals surface area (Å²) < 4.78 is 50.8. The highest BCUT2D eigenvalue weighted by molar-refractivity contribution is 5.99. The third-order valence-electron chi connectivity index (χ3n) is 5.19. The number of carbonyl (C=O) groups excluding carboxylic acids is 1. The molecule has 0 unspecified atom stereocenters. The van der Waals surface area contributed by atoms with Crippen LogP contribution in [0.2, 0.25) is 0 Å². The Morgan fingerprint density at radius 2 is 1.90 bits per heavy atom. The minimum absolute atomic E-state index is 0.0873. The molecular formula is C22H24F3NO3. The quantitative estimate of drug-likeness (QED) is 0.750. The topological polar surface area (TPSA) is 47.6 Å². The summed E-state index contributed by atoms with van der Waals surface area (Å²) in [4.78, 5) is 13.3. The number of aryl methyl sites for hydroxylation is 1. The van der Waals surface area contributed by atoms with Crippen LogP contribution < -0.4 is 10.1 Å².